The van der Waals surface area contributed by atoms with Crippen LogP contribution in [-0.2, 0) is 9.53 Å². The minimum absolute atomic E-state index is 0.0926. The maximum atomic E-state index is 12.8. The number of carbonyl (C=O) groups is 1. The minimum atomic E-state index is 0.0926. The molecular formula is C19H28N4O3S. The molecule has 2 rings (SSSR count). The average Bonchev–Trinajstić information content (AvgIpc) is 3.18. The zero-order chi connectivity index (χ0) is 19.6. The zero-order valence-corrected chi connectivity index (χ0v) is 17.2. The van der Waals surface area contributed by atoms with Crippen molar-refractivity contribution in [3.8, 4) is 11.4 Å². The Balaban J connectivity index is 2.06. The maximum Gasteiger partial charge on any atom is 0.233 e. The number of rotatable bonds is 11. The van der Waals surface area contributed by atoms with Gasteiger partial charge in [-0.2, -0.15) is 0 Å². The van der Waals surface area contributed by atoms with E-state index < -0.39 is 0 Å². The van der Waals surface area contributed by atoms with Gasteiger partial charge in [0.2, 0.25) is 5.91 Å². The fourth-order valence-corrected chi connectivity index (χ4v) is 3.70. The molecule has 0 saturated carbocycles. The molecule has 1 heterocycles. The number of thioether (sulfide) groups is 1. The summed E-state index contributed by atoms with van der Waals surface area (Å²) in [4.78, 5) is 14.7. The summed E-state index contributed by atoms with van der Waals surface area (Å²) in [5, 5.41) is 8.84. The van der Waals surface area contributed by atoms with Crippen molar-refractivity contribution in [3.63, 3.8) is 0 Å². The molecule has 0 spiro atoms. The number of amides is 1. The van der Waals surface area contributed by atoms with Gasteiger partial charge in [0.15, 0.2) is 5.16 Å². The van der Waals surface area contributed by atoms with Crippen molar-refractivity contribution in [2.24, 2.45) is 0 Å². The van der Waals surface area contributed by atoms with E-state index in [9.17, 15) is 4.79 Å². The number of nitrogens with zero attached hydrogens (tertiary/aromatic N) is 4. The Bertz CT molecular complexity index is 701. The van der Waals surface area contributed by atoms with Crippen LogP contribution >= 0.6 is 11.8 Å². The van der Waals surface area contributed by atoms with E-state index in [2.05, 4.69) is 24.0 Å². The predicted molar refractivity (Wildman–Crippen MR) is 107 cm³/mol. The monoisotopic (exact) mass is 392 g/mol. The number of aromatic nitrogens is 3. The first kappa shape index (κ1) is 21.2. The second-order valence-electron chi connectivity index (χ2n) is 6.02. The lowest BCUT2D eigenvalue weighted by Crippen LogP contribution is -2.42. The molecule has 0 saturated heterocycles. The second-order valence-corrected chi connectivity index (χ2v) is 6.96. The molecule has 1 aromatic carbocycles. The van der Waals surface area contributed by atoms with Gasteiger partial charge < -0.3 is 14.4 Å². The van der Waals surface area contributed by atoms with Crippen LogP contribution < -0.4 is 4.74 Å². The van der Waals surface area contributed by atoms with Gasteiger partial charge >= 0.3 is 0 Å². The van der Waals surface area contributed by atoms with Crippen LogP contribution in [0.2, 0.25) is 0 Å². The van der Waals surface area contributed by atoms with Gasteiger partial charge in [-0.3, -0.25) is 9.36 Å². The molecule has 0 unspecified atom stereocenters. The Morgan fingerprint density at radius 3 is 2.52 bits per heavy atom. The highest BCUT2D eigenvalue weighted by atomic mass is 32.2. The number of methoxy groups -OCH3 is 2. The van der Waals surface area contributed by atoms with Gasteiger partial charge in [0, 0.05) is 25.4 Å². The molecule has 0 aliphatic rings. The predicted octanol–water partition coefficient (Wildman–Crippen LogP) is 3.03. The number of ether oxygens (including phenoxy) is 2. The molecule has 1 amide bonds. The van der Waals surface area contributed by atoms with Crippen molar-refractivity contribution in [2.75, 3.05) is 33.1 Å². The molecule has 0 N–H and O–H groups in total. The van der Waals surface area contributed by atoms with Crippen LogP contribution in [0.4, 0.5) is 0 Å². The Kier molecular flexibility index (Phi) is 8.60. The standard InChI is InChI=1S/C19H28N4O3S/c1-5-15(6-2)22(11-12-25-3)18(24)13-27-19-21-20-14-23(19)16-7-9-17(26-4)10-8-16/h7-10,14-15H,5-6,11-13H2,1-4H3. The highest BCUT2D eigenvalue weighted by molar-refractivity contribution is 7.99. The molecule has 148 valence electrons. The summed E-state index contributed by atoms with van der Waals surface area (Å²) < 4.78 is 12.2. The fraction of sp³-hybridized carbons (Fsp3) is 0.526. The van der Waals surface area contributed by atoms with Crippen LogP contribution in [0.25, 0.3) is 5.69 Å². The van der Waals surface area contributed by atoms with Gasteiger partial charge in [0.25, 0.3) is 0 Å². The third-order valence-electron chi connectivity index (χ3n) is 4.43. The van der Waals surface area contributed by atoms with E-state index in [-0.39, 0.29) is 11.9 Å². The van der Waals surface area contributed by atoms with Gasteiger partial charge in [0.05, 0.1) is 19.5 Å². The van der Waals surface area contributed by atoms with Gasteiger partial charge in [-0.1, -0.05) is 25.6 Å². The van der Waals surface area contributed by atoms with Crippen molar-refractivity contribution in [2.45, 2.75) is 37.9 Å². The van der Waals surface area contributed by atoms with Crippen LogP contribution in [0.5, 0.6) is 5.75 Å². The van der Waals surface area contributed by atoms with Crippen molar-refractivity contribution in [3.05, 3.63) is 30.6 Å². The molecule has 0 aliphatic carbocycles. The van der Waals surface area contributed by atoms with Gasteiger partial charge in [-0.25, -0.2) is 0 Å². The van der Waals surface area contributed by atoms with E-state index in [1.165, 1.54) is 11.8 Å². The van der Waals surface area contributed by atoms with Crippen molar-refractivity contribution >= 4 is 17.7 Å². The van der Waals surface area contributed by atoms with Crippen LogP contribution in [0, 0.1) is 0 Å². The molecule has 27 heavy (non-hydrogen) atoms. The smallest absolute Gasteiger partial charge is 0.233 e. The lowest BCUT2D eigenvalue weighted by Gasteiger charge is -2.30. The molecule has 0 aliphatic heterocycles. The average molecular weight is 393 g/mol. The topological polar surface area (TPSA) is 69.5 Å². The van der Waals surface area contributed by atoms with Crippen molar-refractivity contribution in [1.29, 1.82) is 0 Å². The van der Waals surface area contributed by atoms with Crippen molar-refractivity contribution in [1.82, 2.24) is 19.7 Å². The SMILES string of the molecule is CCC(CC)N(CCOC)C(=O)CSc1nncn1-c1ccc(OC)cc1. The highest BCUT2D eigenvalue weighted by Crippen LogP contribution is 2.22. The number of hydrogen-bond donors (Lipinski definition) is 0. The minimum Gasteiger partial charge on any atom is -0.497 e. The van der Waals surface area contributed by atoms with Gasteiger partial charge in [-0.15, -0.1) is 10.2 Å². The normalized spacial score (nSPS) is 11.0. The summed E-state index contributed by atoms with van der Waals surface area (Å²) in [6, 6.07) is 7.86. The summed E-state index contributed by atoms with van der Waals surface area (Å²) in [6.45, 7) is 5.35. The molecular weight excluding hydrogens is 364 g/mol. The maximum absolute atomic E-state index is 12.8. The van der Waals surface area contributed by atoms with Crippen LogP contribution in [0.1, 0.15) is 26.7 Å². The van der Waals surface area contributed by atoms with Gasteiger partial charge in [-0.05, 0) is 37.1 Å². The Hall–Kier alpha value is -2.06. The number of hydrogen-bond acceptors (Lipinski definition) is 6. The van der Waals surface area contributed by atoms with E-state index >= 15 is 0 Å². The number of benzene rings is 1. The zero-order valence-electron chi connectivity index (χ0n) is 16.4. The third kappa shape index (κ3) is 5.71. The molecule has 1 aromatic heterocycles. The van der Waals surface area contributed by atoms with E-state index in [1.54, 1.807) is 20.5 Å². The molecule has 0 atom stereocenters. The van der Waals surface area contributed by atoms with Crippen LogP contribution in [-0.4, -0.2) is 64.7 Å². The Morgan fingerprint density at radius 2 is 1.93 bits per heavy atom. The van der Waals surface area contributed by atoms with E-state index in [4.69, 9.17) is 9.47 Å². The largest absolute Gasteiger partial charge is 0.497 e. The van der Waals surface area contributed by atoms with Crippen molar-refractivity contribution < 1.29 is 14.3 Å². The number of carbonyl (C=O) groups excluding carboxylic acids is 1. The molecule has 0 fully saturated rings. The first-order valence-electron chi connectivity index (χ1n) is 9.10. The Labute approximate surface area is 165 Å². The summed E-state index contributed by atoms with van der Waals surface area (Å²) in [6.07, 6.45) is 3.51. The lowest BCUT2D eigenvalue weighted by molar-refractivity contribution is -0.131. The van der Waals surface area contributed by atoms with E-state index in [0.29, 0.717) is 24.1 Å². The summed E-state index contributed by atoms with van der Waals surface area (Å²) in [5.41, 5.74) is 0.923. The summed E-state index contributed by atoms with van der Waals surface area (Å²) in [5.74, 6) is 1.19. The fourth-order valence-electron chi connectivity index (χ4n) is 2.88. The van der Waals surface area contributed by atoms with Gasteiger partial charge in [0.1, 0.15) is 12.1 Å². The molecule has 8 heteroatoms. The van der Waals surface area contributed by atoms with E-state index in [0.717, 1.165) is 24.3 Å². The van der Waals surface area contributed by atoms with Crippen LogP contribution in [0.15, 0.2) is 35.7 Å². The van der Waals surface area contributed by atoms with Crippen LogP contribution in [0.3, 0.4) is 0 Å². The molecule has 0 bridgehead atoms. The summed E-state index contributed by atoms with van der Waals surface area (Å²) >= 11 is 1.39. The third-order valence-corrected chi connectivity index (χ3v) is 5.36. The summed E-state index contributed by atoms with van der Waals surface area (Å²) in [7, 11) is 3.29. The first-order chi connectivity index (χ1) is 13.1. The quantitative estimate of drug-likeness (QED) is 0.548. The molecule has 7 nitrogen and oxygen atoms in total. The Morgan fingerprint density at radius 1 is 1.22 bits per heavy atom. The molecule has 2 aromatic rings. The molecule has 0 radical (unpaired) electrons. The highest BCUT2D eigenvalue weighted by Gasteiger charge is 2.21. The lowest BCUT2D eigenvalue weighted by atomic mass is 10.1. The first-order valence-corrected chi connectivity index (χ1v) is 10.1. The van der Waals surface area contributed by atoms with E-state index in [1.807, 2.05) is 33.7 Å². The second kappa shape index (κ2) is 10.9.